The van der Waals surface area contributed by atoms with Crippen LogP contribution >= 0.6 is 0 Å². The number of ether oxygens (including phenoxy) is 1. The summed E-state index contributed by atoms with van der Waals surface area (Å²) in [6, 6.07) is 10.7. The number of hydrogen-bond donors (Lipinski definition) is 3. The Kier molecular flexibility index (Phi) is 8.88. The molecule has 2 atom stereocenters. The van der Waals surface area contributed by atoms with Crippen LogP contribution in [0.2, 0.25) is 0 Å². The Labute approximate surface area is 185 Å². The van der Waals surface area contributed by atoms with E-state index in [1.54, 1.807) is 13.0 Å². The van der Waals surface area contributed by atoms with E-state index in [9.17, 15) is 24.0 Å². The highest BCUT2D eigenvalue weighted by Gasteiger charge is 2.28. The number of carboxylic acids is 1. The number of carboxylic acid groups (broad SMARTS) is 1. The van der Waals surface area contributed by atoms with Gasteiger partial charge in [0, 0.05) is 6.92 Å². The van der Waals surface area contributed by atoms with E-state index in [0.717, 1.165) is 16.3 Å². The topological polar surface area (TPSA) is 139 Å². The zero-order valence-corrected chi connectivity index (χ0v) is 17.9. The molecule has 9 nitrogen and oxygen atoms in total. The molecule has 170 valence electrons. The van der Waals surface area contributed by atoms with Crippen LogP contribution in [0.3, 0.4) is 0 Å². The van der Waals surface area contributed by atoms with E-state index in [1.165, 1.54) is 6.92 Å². The molecule has 2 aromatic carbocycles. The largest absolute Gasteiger partial charge is 0.481 e. The number of Topliss-reactive ketones (excluding diaryl/α,β-unsaturated/α-hetero) is 1. The summed E-state index contributed by atoms with van der Waals surface area (Å²) in [4.78, 5) is 59.4. The lowest BCUT2D eigenvalue weighted by Gasteiger charge is -2.20. The van der Waals surface area contributed by atoms with Gasteiger partial charge in [-0.25, -0.2) is 0 Å². The van der Waals surface area contributed by atoms with Crippen molar-refractivity contribution in [2.75, 3.05) is 6.61 Å². The van der Waals surface area contributed by atoms with Gasteiger partial charge in [-0.05, 0) is 22.8 Å². The van der Waals surface area contributed by atoms with Gasteiger partial charge < -0.3 is 20.5 Å². The molecule has 0 saturated carbocycles. The Hall–Kier alpha value is -3.75. The van der Waals surface area contributed by atoms with Crippen LogP contribution in [0.15, 0.2) is 42.5 Å². The number of fused-ring (bicyclic) bond motifs is 1. The van der Waals surface area contributed by atoms with E-state index in [2.05, 4.69) is 10.6 Å². The van der Waals surface area contributed by atoms with Crippen LogP contribution < -0.4 is 10.6 Å². The van der Waals surface area contributed by atoms with Crippen LogP contribution in [0, 0.1) is 0 Å². The van der Waals surface area contributed by atoms with Gasteiger partial charge in [0.05, 0.1) is 12.8 Å². The molecule has 0 aliphatic rings. The second kappa shape index (κ2) is 11.6. The first-order chi connectivity index (χ1) is 15.2. The molecule has 0 spiro atoms. The summed E-state index contributed by atoms with van der Waals surface area (Å²) < 4.78 is 5.05. The molecule has 0 heterocycles. The maximum Gasteiger partial charge on any atom is 0.310 e. The van der Waals surface area contributed by atoms with Crippen LogP contribution in [0.5, 0.6) is 0 Å². The number of amides is 2. The van der Waals surface area contributed by atoms with Gasteiger partial charge in [0.25, 0.3) is 0 Å². The number of carbonyl (C=O) groups excluding carboxylic acids is 4. The van der Waals surface area contributed by atoms with Gasteiger partial charge in [-0.2, -0.15) is 0 Å². The molecule has 0 aromatic heterocycles. The van der Waals surface area contributed by atoms with Gasteiger partial charge in [0.1, 0.15) is 12.1 Å². The number of carbonyl (C=O) groups is 5. The molecule has 0 bridgehead atoms. The van der Waals surface area contributed by atoms with Crippen molar-refractivity contribution in [3.8, 4) is 0 Å². The summed E-state index contributed by atoms with van der Waals surface area (Å²) in [6.45, 7) is 2.22. The number of rotatable bonds is 11. The SMILES string of the molecule is CCC(NC(C)=O)C(=O)NC(CC(=O)O)C(=O)COC(=O)Cc1cccc2ccccc12. The second-order valence-electron chi connectivity index (χ2n) is 7.26. The number of esters is 1. The lowest BCUT2D eigenvalue weighted by molar-refractivity contribution is -0.148. The highest BCUT2D eigenvalue weighted by molar-refractivity contribution is 5.96. The van der Waals surface area contributed by atoms with E-state index in [4.69, 9.17) is 9.84 Å². The van der Waals surface area contributed by atoms with Gasteiger partial charge in [-0.3, -0.25) is 24.0 Å². The monoisotopic (exact) mass is 442 g/mol. The lowest BCUT2D eigenvalue weighted by Crippen LogP contribution is -2.52. The van der Waals surface area contributed by atoms with Gasteiger partial charge in [-0.1, -0.05) is 49.4 Å². The third kappa shape index (κ3) is 7.19. The molecular formula is C23H26N2O7. The minimum absolute atomic E-state index is 0.0645. The summed E-state index contributed by atoms with van der Waals surface area (Å²) in [7, 11) is 0. The van der Waals surface area contributed by atoms with Crippen LogP contribution in [-0.4, -0.2) is 53.3 Å². The molecule has 32 heavy (non-hydrogen) atoms. The van der Waals surface area contributed by atoms with Crippen LogP contribution in [-0.2, 0) is 35.1 Å². The first-order valence-corrected chi connectivity index (χ1v) is 10.2. The van der Waals surface area contributed by atoms with Gasteiger partial charge >= 0.3 is 11.9 Å². The minimum atomic E-state index is -1.40. The summed E-state index contributed by atoms with van der Waals surface area (Å²) in [5.74, 6) is -3.84. The fourth-order valence-electron chi connectivity index (χ4n) is 3.20. The van der Waals surface area contributed by atoms with Crippen molar-refractivity contribution in [1.29, 1.82) is 0 Å². The number of nitrogens with one attached hydrogen (secondary N) is 2. The first-order valence-electron chi connectivity index (χ1n) is 10.2. The van der Waals surface area contributed by atoms with Crippen molar-refractivity contribution in [1.82, 2.24) is 10.6 Å². The zero-order chi connectivity index (χ0) is 23.7. The van der Waals surface area contributed by atoms with Gasteiger partial charge in [0.15, 0.2) is 12.4 Å². The summed E-state index contributed by atoms with van der Waals surface area (Å²) in [5, 5.41) is 15.7. The van der Waals surface area contributed by atoms with E-state index < -0.39 is 54.6 Å². The van der Waals surface area contributed by atoms with Crippen LogP contribution in [0.25, 0.3) is 10.8 Å². The van der Waals surface area contributed by atoms with Crippen molar-refractivity contribution in [3.05, 3.63) is 48.0 Å². The third-order valence-electron chi connectivity index (χ3n) is 4.78. The Morgan fingerprint density at radius 1 is 0.969 bits per heavy atom. The fraction of sp³-hybridized carbons (Fsp3) is 0.348. The molecule has 2 aromatic rings. The Balaban J connectivity index is 1.99. The maximum atomic E-state index is 12.5. The molecule has 9 heteroatoms. The van der Waals surface area contributed by atoms with Crippen molar-refractivity contribution >= 4 is 40.3 Å². The average Bonchev–Trinajstić information content (AvgIpc) is 2.75. The Bertz CT molecular complexity index is 1010. The zero-order valence-electron chi connectivity index (χ0n) is 17.9. The first kappa shape index (κ1) is 24.5. The molecule has 0 saturated heterocycles. The average molecular weight is 442 g/mol. The summed E-state index contributed by atoms with van der Waals surface area (Å²) >= 11 is 0. The number of hydrogen-bond acceptors (Lipinski definition) is 6. The summed E-state index contributed by atoms with van der Waals surface area (Å²) in [5.41, 5.74) is 0.733. The molecule has 2 unspecified atom stereocenters. The molecule has 0 aliphatic heterocycles. The quantitative estimate of drug-likeness (QED) is 0.447. The second-order valence-corrected chi connectivity index (χ2v) is 7.26. The third-order valence-corrected chi connectivity index (χ3v) is 4.78. The Morgan fingerprint density at radius 3 is 2.31 bits per heavy atom. The molecular weight excluding hydrogens is 416 g/mol. The highest BCUT2D eigenvalue weighted by atomic mass is 16.5. The van der Waals surface area contributed by atoms with E-state index in [-0.39, 0.29) is 12.8 Å². The molecule has 0 fully saturated rings. The lowest BCUT2D eigenvalue weighted by atomic mass is 10.0. The molecule has 2 amide bonds. The molecule has 0 radical (unpaired) electrons. The van der Waals surface area contributed by atoms with Crippen molar-refractivity contribution in [2.24, 2.45) is 0 Å². The summed E-state index contributed by atoms with van der Waals surface area (Å²) in [6.07, 6.45) is -0.494. The van der Waals surface area contributed by atoms with Crippen molar-refractivity contribution in [3.63, 3.8) is 0 Å². The fourth-order valence-corrected chi connectivity index (χ4v) is 3.20. The standard InChI is InChI=1S/C23H26N2O7/c1-3-18(24-14(2)26)23(31)25-19(12-21(28)29)20(27)13-32-22(30)11-16-9-6-8-15-7-4-5-10-17(15)16/h4-10,18-19H,3,11-13H2,1-2H3,(H,24,26)(H,25,31)(H,28,29). The highest BCUT2D eigenvalue weighted by Crippen LogP contribution is 2.19. The van der Waals surface area contributed by atoms with Crippen LogP contribution in [0.4, 0.5) is 0 Å². The number of aliphatic carboxylic acids is 1. The smallest absolute Gasteiger partial charge is 0.310 e. The van der Waals surface area contributed by atoms with E-state index >= 15 is 0 Å². The minimum Gasteiger partial charge on any atom is -0.481 e. The van der Waals surface area contributed by atoms with Gasteiger partial charge in [0.2, 0.25) is 11.8 Å². The molecule has 3 N–H and O–H groups in total. The van der Waals surface area contributed by atoms with E-state index in [0.29, 0.717) is 0 Å². The molecule has 2 rings (SSSR count). The Morgan fingerprint density at radius 2 is 1.66 bits per heavy atom. The van der Waals surface area contributed by atoms with Crippen molar-refractivity contribution < 1.29 is 33.8 Å². The predicted molar refractivity (Wildman–Crippen MR) is 116 cm³/mol. The molecule has 0 aliphatic carbocycles. The van der Waals surface area contributed by atoms with Crippen LogP contribution in [0.1, 0.15) is 32.3 Å². The predicted octanol–water partition coefficient (Wildman–Crippen LogP) is 1.37. The maximum absolute atomic E-state index is 12.5. The van der Waals surface area contributed by atoms with Crippen molar-refractivity contribution in [2.45, 2.75) is 45.2 Å². The van der Waals surface area contributed by atoms with E-state index in [1.807, 2.05) is 36.4 Å². The number of benzene rings is 2. The normalized spacial score (nSPS) is 12.4. The van der Waals surface area contributed by atoms with Gasteiger partial charge in [-0.15, -0.1) is 0 Å². The number of ketones is 1.